The maximum absolute atomic E-state index is 12.4. The van der Waals surface area contributed by atoms with Gasteiger partial charge in [0.25, 0.3) is 0 Å². The smallest absolute Gasteiger partial charge is 0.342 e. The molecule has 2 aromatic rings. The summed E-state index contributed by atoms with van der Waals surface area (Å²) >= 11 is 0. The summed E-state index contributed by atoms with van der Waals surface area (Å²) in [4.78, 5) is 46.4. The monoisotopic (exact) mass is 372 g/mol. The Morgan fingerprint density at radius 2 is 1.56 bits per heavy atom. The summed E-state index contributed by atoms with van der Waals surface area (Å²) in [5.41, 5.74) is -0.533. The molecule has 0 heterocycles. The van der Waals surface area contributed by atoms with E-state index >= 15 is 0 Å². The summed E-state index contributed by atoms with van der Waals surface area (Å²) in [6.45, 7) is 6.11. The molecule has 2 aromatic carbocycles. The second-order valence-electron chi connectivity index (χ2n) is 5.73. The van der Waals surface area contributed by atoms with Crippen molar-refractivity contribution in [2.45, 2.75) is 20.1 Å². The molecule has 0 saturated carbocycles. The zero-order valence-electron chi connectivity index (χ0n) is 14.5. The SMILES string of the molecule is C=C(C)C(=O)OC(C)OC(=O)c1cc2cc(C(=O)O)ccc2cc1C(=O)O. The maximum atomic E-state index is 12.4. The summed E-state index contributed by atoms with van der Waals surface area (Å²) in [6.07, 6.45) is -1.27. The molecule has 0 fully saturated rings. The Morgan fingerprint density at radius 3 is 2.11 bits per heavy atom. The Morgan fingerprint density at radius 1 is 0.926 bits per heavy atom. The first kappa shape index (κ1) is 19.6. The average Bonchev–Trinajstić information content (AvgIpc) is 2.59. The van der Waals surface area contributed by atoms with Crippen molar-refractivity contribution in [3.63, 3.8) is 0 Å². The molecule has 1 unspecified atom stereocenters. The highest BCUT2D eigenvalue weighted by atomic mass is 16.7. The quantitative estimate of drug-likeness (QED) is 0.450. The number of benzene rings is 2. The van der Waals surface area contributed by atoms with Gasteiger partial charge in [-0.2, -0.15) is 0 Å². The van der Waals surface area contributed by atoms with Crippen LogP contribution in [0.15, 0.2) is 42.5 Å². The molecule has 0 amide bonds. The van der Waals surface area contributed by atoms with Crippen LogP contribution >= 0.6 is 0 Å². The number of carboxylic acid groups (broad SMARTS) is 2. The molecule has 0 radical (unpaired) electrons. The number of carboxylic acids is 2. The van der Waals surface area contributed by atoms with Gasteiger partial charge in [-0.05, 0) is 42.0 Å². The minimum atomic E-state index is -1.36. The lowest BCUT2D eigenvalue weighted by Crippen LogP contribution is -2.23. The van der Waals surface area contributed by atoms with Gasteiger partial charge in [-0.1, -0.05) is 12.6 Å². The van der Waals surface area contributed by atoms with E-state index in [0.29, 0.717) is 10.8 Å². The van der Waals surface area contributed by atoms with Crippen LogP contribution in [0.25, 0.3) is 10.8 Å². The first-order valence-corrected chi connectivity index (χ1v) is 7.72. The van der Waals surface area contributed by atoms with E-state index in [1.54, 1.807) is 0 Å². The molecular formula is C19H16O8. The van der Waals surface area contributed by atoms with E-state index in [1.807, 2.05) is 0 Å². The number of hydrogen-bond donors (Lipinski definition) is 2. The predicted molar refractivity (Wildman–Crippen MR) is 93.7 cm³/mol. The third-order valence-electron chi connectivity index (χ3n) is 3.57. The van der Waals surface area contributed by atoms with Crippen molar-refractivity contribution in [2.75, 3.05) is 0 Å². The van der Waals surface area contributed by atoms with E-state index in [-0.39, 0.29) is 22.3 Å². The van der Waals surface area contributed by atoms with Gasteiger partial charge in [0.05, 0.1) is 16.7 Å². The zero-order valence-corrected chi connectivity index (χ0v) is 14.5. The van der Waals surface area contributed by atoms with Crippen LogP contribution in [0.4, 0.5) is 0 Å². The van der Waals surface area contributed by atoms with Gasteiger partial charge in [-0.3, -0.25) is 0 Å². The Bertz CT molecular complexity index is 973. The second kappa shape index (κ2) is 7.69. The highest BCUT2D eigenvalue weighted by Gasteiger charge is 2.22. The number of carbonyl (C=O) groups excluding carboxylic acids is 2. The van der Waals surface area contributed by atoms with Crippen LogP contribution in [0.1, 0.15) is 44.9 Å². The number of rotatable bonds is 6. The van der Waals surface area contributed by atoms with Crippen molar-refractivity contribution >= 4 is 34.6 Å². The van der Waals surface area contributed by atoms with Gasteiger partial charge >= 0.3 is 23.9 Å². The van der Waals surface area contributed by atoms with Gasteiger partial charge in [-0.15, -0.1) is 0 Å². The lowest BCUT2D eigenvalue weighted by molar-refractivity contribution is -0.160. The molecule has 0 aliphatic carbocycles. The van der Waals surface area contributed by atoms with Crippen molar-refractivity contribution in [2.24, 2.45) is 0 Å². The lowest BCUT2D eigenvalue weighted by Gasteiger charge is -2.15. The van der Waals surface area contributed by atoms with Gasteiger partial charge in [-0.25, -0.2) is 19.2 Å². The van der Waals surface area contributed by atoms with Crippen molar-refractivity contribution in [1.29, 1.82) is 0 Å². The van der Waals surface area contributed by atoms with E-state index in [1.165, 1.54) is 44.2 Å². The fourth-order valence-corrected chi connectivity index (χ4v) is 2.27. The molecule has 27 heavy (non-hydrogen) atoms. The van der Waals surface area contributed by atoms with E-state index in [2.05, 4.69) is 6.58 Å². The lowest BCUT2D eigenvalue weighted by atomic mass is 9.99. The van der Waals surface area contributed by atoms with Crippen LogP contribution in [0, 0.1) is 0 Å². The number of esters is 2. The van der Waals surface area contributed by atoms with Gasteiger partial charge in [0, 0.05) is 12.5 Å². The molecule has 0 saturated heterocycles. The maximum Gasteiger partial charge on any atom is 0.342 e. The first-order valence-electron chi connectivity index (χ1n) is 7.72. The van der Waals surface area contributed by atoms with Gasteiger partial charge in [0.2, 0.25) is 6.29 Å². The molecule has 8 heteroatoms. The molecule has 1 atom stereocenters. The largest absolute Gasteiger partial charge is 0.478 e. The van der Waals surface area contributed by atoms with Crippen LogP contribution in [-0.2, 0) is 14.3 Å². The Hall–Kier alpha value is -3.68. The number of aromatic carboxylic acids is 2. The van der Waals surface area contributed by atoms with Gasteiger partial charge in [0.15, 0.2) is 0 Å². The molecular weight excluding hydrogens is 356 g/mol. The first-order chi connectivity index (χ1) is 12.6. The topological polar surface area (TPSA) is 127 Å². The second-order valence-corrected chi connectivity index (χ2v) is 5.73. The summed E-state index contributed by atoms with van der Waals surface area (Å²) in [7, 11) is 0. The zero-order chi connectivity index (χ0) is 20.3. The molecule has 0 bridgehead atoms. The highest BCUT2D eigenvalue weighted by Crippen LogP contribution is 2.23. The van der Waals surface area contributed by atoms with Gasteiger partial charge < -0.3 is 19.7 Å². The third kappa shape index (κ3) is 4.49. The number of ether oxygens (including phenoxy) is 2. The molecule has 2 N–H and O–H groups in total. The normalized spacial score (nSPS) is 11.5. The fraction of sp³-hybridized carbons (Fsp3) is 0.158. The molecule has 0 aromatic heterocycles. The summed E-state index contributed by atoms with van der Waals surface area (Å²) in [6, 6.07) is 6.54. The molecule has 2 rings (SSSR count). The highest BCUT2D eigenvalue weighted by molar-refractivity contribution is 6.07. The summed E-state index contributed by atoms with van der Waals surface area (Å²) < 4.78 is 9.81. The molecule has 140 valence electrons. The van der Waals surface area contributed by atoms with Crippen LogP contribution in [-0.4, -0.2) is 40.4 Å². The van der Waals surface area contributed by atoms with Crippen LogP contribution in [0.3, 0.4) is 0 Å². The minimum Gasteiger partial charge on any atom is -0.478 e. The van der Waals surface area contributed by atoms with Gasteiger partial charge in [0.1, 0.15) is 0 Å². The number of carbonyl (C=O) groups is 4. The summed E-state index contributed by atoms with van der Waals surface area (Å²) in [5, 5.41) is 19.2. The fourth-order valence-electron chi connectivity index (χ4n) is 2.27. The Balaban J connectivity index is 2.41. The number of fused-ring (bicyclic) bond motifs is 1. The Kier molecular flexibility index (Phi) is 5.60. The standard InChI is InChI=1S/C19H16O8/c1-9(2)18(24)26-10(3)27-19(25)15-8-13-6-12(16(20)21)5-4-11(13)7-14(15)17(22)23/h4-8,10H,1H2,2-3H3,(H,20,21)(H,22,23). The number of hydrogen-bond acceptors (Lipinski definition) is 6. The van der Waals surface area contributed by atoms with Crippen molar-refractivity contribution < 1.29 is 38.9 Å². The van der Waals surface area contributed by atoms with Crippen molar-refractivity contribution in [1.82, 2.24) is 0 Å². The average molecular weight is 372 g/mol. The predicted octanol–water partition coefficient (Wildman–Crippen LogP) is 2.86. The van der Waals surface area contributed by atoms with E-state index in [9.17, 15) is 24.3 Å². The van der Waals surface area contributed by atoms with E-state index in [0.717, 1.165) is 0 Å². The summed E-state index contributed by atoms with van der Waals surface area (Å²) in [5.74, 6) is -4.32. The van der Waals surface area contributed by atoms with Crippen molar-refractivity contribution in [3.8, 4) is 0 Å². The van der Waals surface area contributed by atoms with E-state index < -0.39 is 30.2 Å². The molecule has 0 aliphatic rings. The molecule has 0 aliphatic heterocycles. The third-order valence-corrected chi connectivity index (χ3v) is 3.57. The van der Waals surface area contributed by atoms with Crippen molar-refractivity contribution in [3.05, 3.63) is 59.2 Å². The van der Waals surface area contributed by atoms with Crippen LogP contribution in [0.5, 0.6) is 0 Å². The Labute approximate surface area is 153 Å². The van der Waals surface area contributed by atoms with E-state index in [4.69, 9.17) is 14.6 Å². The minimum absolute atomic E-state index is 0.0198. The van der Waals surface area contributed by atoms with Crippen LogP contribution in [0.2, 0.25) is 0 Å². The molecule has 0 spiro atoms. The molecule has 8 nitrogen and oxygen atoms in total. The van der Waals surface area contributed by atoms with Crippen LogP contribution < -0.4 is 0 Å².